The number of benzene rings is 1. The molecule has 0 N–H and O–H groups in total. The fraction of sp³-hybridized carbons (Fsp3) is 0. The van der Waals surface area contributed by atoms with Crippen LogP contribution in [0.4, 0.5) is 0 Å². The lowest BCUT2D eigenvalue weighted by molar-refractivity contribution is 1.34. The molecular formula is C15H11NS. The van der Waals surface area contributed by atoms with Crippen molar-refractivity contribution in [2.45, 2.75) is 0 Å². The van der Waals surface area contributed by atoms with Gasteiger partial charge >= 0.3 is 0 Å². The van der Waals surface area contributed by atoms with Crippen LogP contribution in [0.2, 0.25) is 0 Å². The molecule has 0 radical (unpaired) electrons. The molecule has 0 spiro atoms. The van der Waals surface area contributed by atoms with Crippen molar-refractivity contribution in [1.29, 1.82) is 0 Å². The van der Waals surface area contributed by atoms with E-state index in [4.69, 9.17) is 0 Å². The topological polar surface area (TPSA) is 12.9 Å². The molecule has 1 aromatic carbocycles. The molecule has 0 aliphatic rings. The van der Waals surface area contributed by atoms with Crippen molar-refractivity contribution in [3.05, 3.63) is 66.2 Å². The fourth-order valence-corrected chi connectivity index (χ4v) is 2.49. The maximum absolute atomic E-state index is 4.42. The van der Waals surface area contributed by atoms with Gasteiger partial charge in [-0.3, -0.25) is 4.98 Å². The van der Waals surface area contributed by atoms with E-state index in [1.165, 1.54) is 16.0 Å². The van der Waals surface area contributed by atoms with E-state index >= 15 is 0 Å². The van der Waals surface area contributed by atoms with Gasteiger partial charge < -0.3 is 0 Å². The van der Waals surface area contributed by atoms with Crippen molar-refractivity contribution in [2.24, 2.45) is 0 Å². The zero-order chi connectivity index (χ0) is 11.5. The van der Waals surface area contributed by atoms with Crippen LogP contribution in [0.5, 0.6) is 0 Å². The largest absolute Gasteiger partial charge is 0.255 e. The molecule has 2 heteroatoms. The van der Waals surface area contributed by atoms with Crippen molar-refractivity contribution in [3.8, 4) is 21.7 Å². The number of rotatable bonds is 2. The van der Waals surface area contributed by atoms with E-state index in [2.05, 4.69) is 52.8 Å². The van der Waals surface area contributed by atoms with Crippen LogP contribution in [0.1, 0.15) is 0 Å². The van der Waals surface area contributed by atoms with Crippen LogP contribution in [-0.4, -0.2) is 4.98 Å². The molecule has 0 fully saturated rings. The Morgan fingerprint density at radius 1 is 0.824 bits per heavy atom. The van der Waals surface area contributed by atoms with Crippen LogP contribution in [0.15, 0.2) is 66.2 Å². The Labute approximate surface area is 104 Å². The van der Waals surface area contributed by atoms with Gasteiger partial charge in [-0.1, -0.05) is 36.4 Å². The highest BCUT2D eigenvalue weighted by molar-refractivity contribution is 7.13. The first-order chi connectivity index (χ1) is 8.43. The maximum atomic E-state index is 4.42. The van der Waals surface area contributed by atoms with Crippen LogP contribution in [0, 0.1) is 0 Å². The Hall–Kier alpha value is -1.93. The molecule has 0 saturated heterocycles. The summed E-state index contributed by atoms with van der Waals surface area (Å²) in [5, 5.41) is 2.08. The third-order valence-corrected chi connectivity index (χ3v) is 3.53. The van der Waals surface area contributed by atoms with Gasteiger partial charge in [-0.25, -0.2) is 0 Å². The van der Waals surface area contributed by atoms with E-state index in [0.717, 1.165) is 5.69 Å². The molecule has 82 valence electrons. The van der Waals surface area contributed by atoms with Gasteiger partial charge in [0.25, 0.3) is 0 Å². The van der Waals surface area contributed by atoms with Gasteiger partial charge in [0.2, 0.25) is 0 Å². The molecule has 0 aliphatic carbocycles. The highest BCUT2D eigenvalue weighted by Crippen LogP contribution is 2.26. The second kappa shape index (κ2) is 4.52. The highest BCUT2D eigenvalue weighted by atomic mass is 32.1. The van der Waals surface area contributed by atoms with Gasteiger partial charge in [0.1, 0.15) is 0 Å². The monoisotopic (exact) mass is 237 g/mol. The second-order valence-corrected chi connectivity index (χ2v) is 4.72. The van der Waals surface area contributed by atoms with Gasteiger partial charge in [0, 0.05) is 6.20 Å². The lowest BCUT2D eigenvalue weighted by Crippen LogP contribution is -1.82. The fourth-order valence-electron chi connectivity index (χ4n) is 1.80. The zero-order valence-electron chi connectivity index (χ0n) is 9.21. The van der Waals surface area contributed by atoms with Crippen LogP contribution in [-0.2, 0) is 0 Å². The van der Waals surface area contributed by atoms with E-state index in [0.29, 0.717) is 0 Å². The lowest BCUT2D eigenvalue weighted by atomic mass is 10.1. The maximum Gasteiger partial charge on any atom is 0.0807 e. The summed E-state index contributed by atoms with van der Waals surface area (Å²) in [4.78, 5) is 5.63. The van der Waals surface area contributed by atoms with E-state index in [1.807, 2.05) is 18.3 Å². The Morgan fingerprint density at radius 2 is 1.71 bits per heavy atom. The first kappa shape index (κ1) is 10.2. The standard InChI is InChI=1S/C15H11NS/c1-2-5-12(6-3-1)13-8-9-16-14(11-13)15-7-4-10-17-15/h1-11H. The molecule has 0 unspecified atom stereocenters. The van der Waals surface area contributed by atoms with Crippen molar-refractivity contribution >= 4 is 11.3 Å². The molecule has 2 heterocycles. The molecular weight excluding hydrogens is 226 g/mol. The van der Waals surface area contributed by atoms with Crippen LogP contribution >= 0.6 is 11.3 Å². The highest BCUT2D eigenvalue weighted by Gasteiger charge is 2.02. The number of hydrogen-bond acceptors (Lipinski definition) is 2. The van der Waals surface area contributed by atoms with Gasteiger partial charge in [-0.15, -0.1) is 11.3 Å². The molecule has 3 aromatic rings. The Kier molecular flexibility index (Phi) is 2.72. The minimum atomic E-state index is 1.04. The van der Waals surface area contributed by atoms with Crippen LogP contribution in [0.25, 0.3) is 21.7 Å². The van der Waals surface area contributed by atoms with E-state index in [9.17, 15) is 0 Å². The number of aromatic nitrogens is 1. The SMILES string of the molecule is c1ccc(-c2ccnc(-c3cccs3)c2)cc1. The van der Waals surface area contributed by atoms with Crippen LogP contribution in [0.3, 0.4) is 0 Å². The van der Waals surface area contributed by atoms with Gasteiger partial charge in [-0.05, 0) is 34.7 Å². The average molecular weight is 237 g/mol. The molecule has 1 nitrogen and oxygen atoms in total. The Balaban J connectivity index is 2.06. The minimum Gasteiger partial charge on any atom is -0.255 e. The van der Waals surface area contributed by atoms with Gasteiger partial charge in [0.15, 0.2) is 0 Å². The number of thiophene rings is 1. The summed E-state index contributed by atoms with van der Waals surface area (Å²) in [5.74, 6) is 0. The van der Waals surface area contributed by atoms with Crippen molar-refractivity contribution in [3.63, 3.8) is 0 Å². The summed E-state index contributed by atoms with van der Waals surface area (Å²) in [6, 6.07) is 18.7. The second-order valence-electron chi connectivity index (χ2n) is 3.77. The van der Waals surface area contributed by atoms with Crippen molar-refractivity contribution in [2.75, 3.05) is 0 Å². The van der Waals surface area contributed by atoms with Crippen LogP contribution < -0.4 is 0 Å². The summed E-state index contributed by atoms with van der Waals surface area (Å²) in [6.45, 7) is 0. The Morgan fingerprint density at radius 3 is 2.47 bits per heavy atom. The van der Waals surface area contributed by atoms with E-state index in [-0.39, 0.29) is 0 Å². The van der Waals surface area contributed by atoms with Gasteiger partial charge in [0.05, 0.1) is 10.6 Å². The summed E-state index contributed by atoms with van der Waals surface area (Å²) in [6.07, 6.45) is 1.87. The average Bonchev–Trinajstić information content (AvgIpc) is 2.94. The molecule has 0 amide bonds. The molecule has 17 heavy (non-hydrogen) atoms. The normalized spacial score (nSPS) is 10.4. The molecule has 0 bridgehead atoms. The third-order valence-electron chi connectivity index (χ3n) is 2.64. The summed E-state index contributed by atoms with van der Waals surface area (Å²) in [7, 11) is 0. The predicted octanol–water partition coefficient (Wildman–Crippen LogP) is 4.48. The van der Waals surface area contributed by atoms with E-state index < -0.39 is 0 Å². The quantitative estimate of drug-likeness (QED) is 0.640. The molecule has 0 aliphatic heterocycles. The Bertz CT molecular complexity index is 600. The molecule has 3 rings (SSSR count). The number of pyridine rings is 1. The van der Waals surface area contributed by atoms with Crippen molar-refractivity contribution < 1.29 is 0 Å². The number of hydrogen-bond donors (Lipinski definition) is 0. The predicted molar refractivity (Wildman–Crippen MR) is 73.0 cm³/mol. The zero-order valence-corrected chi connectivity index (χ0v) is 10.0. The van der Waals surface area contributed by atoms with E-state index in [1.54, 1.807) is 11.3 Å². The number of nitrogens with zero attached hydrogens (tertiary/aromatic N) is 1. The van der Waals surface area contributed by atoms with Crippen molar-refractivity contribution in [1.82, 2.24) is 4.98 Å². The van der Waals surface area contributed by atoms with Gasteiger partial charge in [-0.2, -0.15) is 0 Å². The first-order valence-electron chi connectivity index (χ1n) is 5.49. The lowest BCUT2D eigenvalue weighted by Gasteiger charge is -2.03. The molecule has 0 saturated carbocycles. The molecule has 2 aromatic heterocycles. The minimum absolute atomic E-state index is 1.04. The summed E-state index contributed by atoms with van der Waals surface area (Å²) >= 11 is 1.72. The molecule has 0 atom stereocenters. The smallest absolute Gasteiger partial charge is 0.0807 e. The summed E-state index contributed by atoms with van der Waals surface area (Å²) < 4.78 is 0. The third kappa shape index (κ3) is 2.12. The summed E-state index contributed by atoms with van der Waals surface area (Å²) in [5.41, 5.74) is 3.48. The first-order valence-corrected chi connectivity index (χ1v) is 6.37.